The summed E-state index contributed by atoms with van der Waals surface area (Å²) in [5.74, 6) is 0.494. The van der Waals surface area contributed by atoms with Gasteiger partial charge in [-0.15, -0.1) is 11.3 Å². The molecule has 0 spiro atoms. The number of aromatic nitrogens is 2. The Hall–Kier alpha value is -2.35. The molecule has 2 aliphatic rings. The van der Waals surface area contributed by atoms with Crippen LogP contribution in [0, 0.1) is 0 Å². The van der Waals surface area contributed by atoms with Crippen LogP contribution in [0.5, 0.6) is 0 Å². The number of fused-ring (bicyclic) bond motifs is 1. The lowest BCUT2D eigenvalue weighted by Crippen LogP contribution is -2.40. The van der Waals surface area contributed by atoms with Gasteiger partial charge in [-0.05, 0) is 42.3 Å². The maximum Gasteiger partial charge on any atom is 0.264 e. The number of ether oxygens (including phenoxy) is 1. The maximum absolute atomic E-state index is 13.4. The molecule has 2 saturated heterocycles. The number of hydrogen-bond acceptors (Lipinski definition) is 6. The average Bonchev–Trinajstić information content (AvgIpc) is 3.38. The summed E-state index contributed by atoms with van der Waals surface area (Å²) in [4.78, 5) is 28.3. The van der Waals surface area contributed by atoms with Crippen LogP contribution < -0.4 is 0 Å². The molecule has 3 aromatic heterocycles. The number of amides is 1. The Labute approximate surface area is 174 Å². The Bertz CT molecular complexity index is 1000. The second kappa shape index (κ2) is 8.18. The lowest BCUT2D eigenvalue weighted by molar-refractivity contribution is 0.0305. The van der Waals surface area contributed by atoms with Crippen LogP contribution in [-0.2, 0) is 11.3 Å². The van der Waals surface area contributed by atoms with E-state index in [2.05, 4.69) is 33.1 Å². The molecule has 0 saturated carbocycles. The molecule has 0 bridgehead atoms. The van der Waals surface area contributed by atoms with Crippen molar-refractivity contribution in [1.82, 2.24) is 19.8 Å². The van der Waals surface area contributed by atoms with Crippen LogP contribution in [-0.4, -0.2) is 65.1 Å². The normalized spacial score (nSPS) is 20.4. The fourth-order valence-electron chi connectivity index (χ4n) is 4.38. The molecule has 1 unspecified atom stereocenters. The SMILES string of the molecule is O=C(c1sc2ncccc2c1C1CCN(Cc2ccncc2)C1)N1CCOCC1. The van der Waals surface area contributed by atoms with E-state index in [-0.39, 0.29) is 5.91 Å². The fourth-order valence-corrected chi connectivity index (χ4v) is 5.58. The third-order valence-electron chi connectivity index (χ3n) is 5.83. The summed E-state index contributed by atoms with van der Waals surface area (Å²) >= 11 is 1.55. The van der Waals surface area contributed by atoms with Crippen molar-refractivity contribution in [2.75, 3.05) is 39.4 Å². The Balaban J connectivity index is 1.43. The van der Waals surface area contributed by atoms with E-state index >= 15 is 0 Å². The molecular weight excluding hydrogens is 384 g/mol. The van der Waals surface area contributed by atoms with E-state index in [1.54, 1.807) is 11.3 Å². The first kappa shape index (κ1) is 18.7. The number of carbonyl (C=O) groups is 1. The van der Waals surface area contributed by atoms with Gasteiger partial charge in [-0.25, -0.2) is 4.98 Å². The molecule has 2 aliphatic heterocycles. The first-order valence-electron chi connectivity index (χ1n) is 10.2. The van der Waals surface area contributed by atoms with E-state index in [0.717, 1.165) is 41.1 Å². The highest BCUT2D eigenvalue weighted by atomic mass is 32.1. The summed E-state index contributed by atoms with van der Waals surface area (Å²) < 4.78 is 5.43. The first-order valence-corrected chi connectivity index (χ1v) is 11.0. The number of rotatable bonds is 4. The minimum Gasteiger partial charge on any atom is -0.378 e. The monoisotopic (exact) mass is 408 g/mol. The second-order valence-corrected chi connectivity index (χ2v) is 8.68. The summed E-state index contributed by atoms with van der Waals surface area (Å²) in [6, 6.07) is 8.25. The predicted molar refractivity (Wildman–Crippen MR) is 113 cm³/mol. The molecule has 0 N–H and O–H groups in total. The van der Waals surface area contributed by atoms with Crippen molar-refractivity contribution in [3.8, 4) is 0 Å². The first-order chi connectivity index (χ1) is 14.3. The van der Waals surface area contributed by atoms with Crippen molar-refractivity contribution in [2.24, 2.45) is 0 Å². The molecule has 1 atom stereocenters. The number of pyridine rings is 2. The molecule has 5 heterocycles. The smallest absolute Gasteiger partial charge is 0.264 e. The molecule has 5 rings (SSSR count). The van der Waals surface area contributed by atoms with Gasteiger partial charge in [0, 0.05) is 56.1 Å². The lowest BCUT2D eigenvalue weighted by atomic mass is 9.95. The van der Waals surface area contributed by atoms with Crippen LogP contribution in [0.2, 0.25) is 0 Å². The number of thiophene rings is 1. The van der Waals surface area contributed by atoms with E-state index in [0.29, 0.717) is 32.2 Å². The Morgan fingerprint density at radius 3 is 2.79 bits per heavy atom. The van der Waals surface area contributed by atoms with Gasteiger partial charge in [0.25, 0.3) is 5.91 Å². The van der Waals surface area contributed by atoms with E-state index < -0.39 is 0 Å². The van der Waals surface area contributed by atoms with Gasteiger partial charge >= 0.3 is 0 Å². The molecule has 7 heteroatoms. The standard InChI is InChI=1S/C22H24N4O2S/c27-22(26-10-12-28-13-11-26)20-19(18-2-1-6-24-21(18)29-20)17-5-9-25(15-17)14-16-3-7-23-8-4-16/h1-4,6-8,17H,5,9-15H2. The Kier molecular flexibility index (Phi) is 5.26. The minimum atomic E-state index is 0.138. The van der Waals surface area contributed by atoms with Crippen LogP contribution in [0.25, 0.3) is 10.2 Å². The molecule has 1 amide bonds. The van der Waals surface area contributed by atoms with Crippen LogP contribution in [0.3, 0.4) is 0 Å². The van der Waals surface area contributed by atoms with Crippen molar-refractivity contribution in [2.45, 2.75) is 18.9 Å². The zero-order valence-electron chi connectivity index (χ0n) is 16.3. The summed E-state index contributed by atoms with van der Waals surface area (Å²) in [6.45, 7) is 5.49. The summed E-state index contributed by atoms with van der Waals surface area (Å²) in [6.07, 6.45) is 6.57. The topological polar surface area (TPSA) is 58.6 Å². The number of nitrogens with zero attached hydrogens (tertiary/aromatic N) is 4. The Morgan fingerprint density at radius 2 is 1.97 bits per heavy atom. The van der Waals surface area contributed by atoms with Crippen molar-refractivity contribution in [3.63, 3.8) is 0 Å². The highest BCUT2D eigenvalue weighted by Gasteiger charge is 2.32. The van der Waals surface area contributed by atoms with Gasteiger partial charge in [0.15, 0.2) is 0 Å². The molecular formula is C22H24N4O2S. The number of carbonyl (C=O) groups excluding carboxylic acids is 1. The van der Waals surface area contributed by atoms with Gasteiger partial charge in [0.1, 0.15) is 4.83 Å². The van der Waals surface area contributed by atoms with Crippen LogP contribution >= 0.6 is 11.3 Å². The highest BCUT2D eigenvalue weighted by Crippen LogP contribution is 2.40. The molecule has 6 nitrogen and oxygen atoms in total. The number of likely N-dealkylation sites (tertiary alicyclic amines) is 1. The van der Waals surface area contributed by atoms with Gasteiger partial charge in [-0.3, -0.25) is 14.7 Å². The van der Waals surface area contributed by atoms with Gasteiger partial charge < -0.3 is 9.64 Å². The highest BCUT2D eigenvalue weighted by molar-refractivity contribution is 7.20. The van der Waals surface area contributed by atoms with E-state index in [1.807, 2.05) is 29.6 Å². The summed E-state index contributed by atoms with van der Waals surface area (Å²) in [5, 5.41) is 1.14. The van der Waals surface area contributed by atoms with Crippen molar-refractivity contribution in [3.05, 3.63) is 58.9 Å². The van der Waals surface area contributed by atoms with Crippen LogP contribution in [0.4, 0.5) is 0 Å². The third kappa shape index (κ3) is 3.77. The average molecular weight is 409 g/mol. The van der Waals surface area contributed by atoms with Crippen molar-refractivity contribution < 1.29 is 9.53 Å². The third-order valence-corrected chi connectivity index (χ3v) is 6.95. The van der Waals surface area contributed by atoms with Crippen LogP contribution in [0.15, 0.2) is 42.9 Å². The quantitative estimate of drug-likeness (QED) is 0.664. The van der Waals surface area contributed by atoms with E-state index in [9.17, 15) is 4.79 Å². The summed E-state index contributed by atoms with van der Waals surface area (Å²) in [5.41, 5.74) is 2.48. The van der Waals surface area contributed by atoms with Gasteiger partial charge in [-0.1, -0.05) is 6.07 Å². The maximum atomic E-state index is 13.4. The van der Waals surface area contributed by atoms with Crippen molar-refractivity contribution in [1.29, 1.82) is 0 Å². The molecule has 0 radical (unpaired) electrons. The number of morpholine rings is 1. The molecule has 0 aliphatic carbocycles. The minimum absolute atomic E-state index is 0.138. The van der Waals surface area contributed by atoms with Crippen molar-refractivity contribution >= 4 is 27.5 Å². The van der Waals surface area contributed by atoms with E-state index in [4.69, 9.17) is 4.74 Å². The largest absolute Gasteiger partial charge is 0.378 e. The second-order valence-electron chi connectivity index (χ2n) is 7.68. The van der Waals surface area contributed by atoms with Gasteiger partial charge in [-0.2, -0.15) is 0 Å². The van der Waals surface area contributed by atoms with Crippen LogP contribution in [0.1, 0.15) is 33.1 Å². The zero-order valence-corrected chi connectivity index (χ0v) is 17.1. The van der Waals surface area contributed by atoms with E-state index in [1.165, 1.54) is 11.1 Å². The summed E-state index contributed by atoms with van der Waals surface area (Å²) in [7, 11) is 0. The molecule has 2 fully saturated rings. The molecule has 3 aromatic rings. The molecule has 29 heavy (non-hydrogen) atoms. The molecule has 150 valence electrons. The van der Waals surface area contributed by atoms with Gasteiger partial charge in [0.05, 0.1) is 18.1 Å². The lowest BCUT2D eigenvalue weighted by Gasteiger charge is -2.27. The Morgan fingerprint density at radius 1 is 1.14 bits per heavy atom. The predicted octanol–water partition coefficient (Wildman–Crippen LogP) is 3.15. The molecule has 0 aromatic carbocycles. The number of hydrogen-bond donors (Lipinski definition) is 0. The fraction of sp³-hybridized carbons (Fsp3) is 0.409. The zero-order chi connectivity index (χ0) is 19.6. The van der Waals surface area contributed by atoms with Gasteiger partial charge in [0.2, 0.25) is 0 Å².